The number of aromatic amines is 1. The maximum absolute atomic E-state index is 11.8. The second kappa shape index (κ2) is 4.34. The molecule has 4 N–H and O–H groups in total. The summed E-state index contributed by atoms with van der Waals surface area (Å²) in [7, 11) is 1.68. The first-order valence-electron chi connectivity index (χ1n) is 4.72. The quantitative estimate of drug-likeness (QED) is 0.667. The third kappa shape index (κ3) is 2.16. The van der Waals surface area contributed by atoms with Crippen molar-refractivity contribution in [3.8, 4) is 0 Å². The molecule has 0 unspecified atom stereocenters. The fraction of sp³-hybridized carbons (Fsp3) is 0.111. The molecule has 0 radical (unpaired) electrons. The van der Waals surface area contributed by atoms with E-state index < -0.39 is 0 Å². The number of amides is 1. The summed E-state index contributed by atoms with van der Waals surface area (Å²) in [4.78, 5) is 12.0. The molecule has 2 heterocycles. The van der Waals surface area contributed by atoms with Crippen LogP contribution >= 0.6 is 12.2 Å². The minimum absolute atomic E-state index is 0.179. The largest absolute Gasteiger partial charge is 0.389 e. The van der Waals surface area contributed by atoms with E-state index in [9.17, 15) is 4.79 Å². The minimum atomic E-state index is -0.330. The Morgan fingerprint density at radius 3 is 3.00 bits per heavy atom. The summed E-state index contributed by atoms with van der Waals surface area (Å²) < 4.78 is 1.49. The Balaban J connectivity index is 2.27. The zero-order chi connectivity index (χ0) is 12.4. The maximum atomic E-state index is 11.8. The molecule has 0 saturated heterocycles. The van der Waals surface area contributed by atoms with Crippen LogP contribution in [0.4, 0.5) is 5.82 Å². The third-order valence-corrected chi connectivity index (χ3v) is 2.40. The number of carbonyl (C=O) groups is 1. The lowest BCUT2D eigenvalue weighted by Crippen LogP contribution is -2.19. The molecule has 2 aromatic heterocycles. The molecule has 2 aromatic rings. The molecule has 0 aliphatic rings. The lowest BCUT2D eigenvalue weighted by Gasteiger charge is -2.06. The fourth-order valence-electron chi connectivity index (χ4n) is 1.32. The molecule has 0 aromatic carbocycles. The zero-order valence-electron chi connectivity index (χ0n) is 8.97. The maximum Gasteiger partial charge on any atom is 0.274 e. The van der Waals surface area contributed by atoms with Crippen molar-refractivity contribution in [2.24, 2.45) is 12.8 Å². The molecule has 2 rings (SSSR count). The van der Waals surface area contributed by atoms with Crippen LogP contribution in [0.5, 0.6) is 0 Å². The van der Waals surface area contributed by atoms with Crippen molar-refractivity contribution in [3.05, 3.63) is 29.7 Å². The average Bonchev–Trinajstić information content (AvgIpc) is 2.89. The molecular weight excluding hydrogens is 240 g/mol. The molecule has 0 aliphatic carbocycles. The number of hydrogen-bond acceptors (Lipinski definition) is 4. The summed E-state index contributed by atoms with van der Waals surface area (Å²) >= 11 is 4.87. The van der Waals surface area contributed by atoms with Gasteiger partial charge in [0.2, 0.25) is 0 Å². The Kier molecular flexibility index (Phi) is 2.88. The summed E-state index contributed by atoms with van der Waals surface area (Å²) in [6.45, 7) is 0. The van der Waals surface area contributed by atoms with E-state index in [0.29, 0.717) is 17.1 Å². The number of rotatable bonds is 3. The predicted octanol–water partition coefficient (Wildman–Crippen LogP) is 0.0297. The predicted molar refractivity (Wildman–Crippen MR) is 65.6 cm³/mol. The molecular formula is C9H10N6OS. The van der Waals surface area contributed by atoms with Crippen LogP contribution in [0.1, 0.15) is 16.1 Å². The van der Waals surface area contributed by atoms with Gasteiger partial charge in [0, 0.05) is 13.2 Å². The van der Waals surface area contributed by atoms with Crippen molar-refractivity contribution < 1.29 is 4.79 Å². The summed E-state index contributed by atoms with van der Waals surface area (Å²) in [5.41, 5.74) is 6.40. The van der Waals surface area contributed by atoms with Crippen molar-refractivity contribution in [1.29, 1.82) is 0 Å². The number of nitrogens with two attached hydrogens (primary N) is 1. The van der Waals surface area contributed by atoms with Crippen LogP contribution in [0, 0.1) is 0 Å². The summed E-state index contributed by atoms with van der Waals surface area (Å²) in [5.74, 6) is 0.126. The number of nitrogens with zero attached hydrogens (tertiary/aromatic N) is 3. The van der Waals surface area contributed by atoms with Crippen LogP contribution in [0.15, 0.2) is 18.5 Å². The van der Waals surface area contributed by atoms with Gasteiger partial charge in [0.25, 0.3) is 5.91 Å². The average molecular weight is 250 g/mol. The number of aryl methyl sites for hydroxylation is 1. The lowest BCUT2D eigenvalue weighted by atomic mass is 10.3. The highest BCUT2D eigenvalue weighted by molar-refractivity contribution is 7.80. The van der Waals surface area contributed by atoms with Crippen LogP contribution in [0.3, 0.4) is 0 Å². The van der Waals surface area contributed by atoms with Crippen molar-refractivity contribution in [3.63, 3.8) is 0 Å². The van der Waals surface area contributed by atoms with Gasteiger partial charge < -0.3 is 11.1 Å². The number of carbonyl (C=O) groups excluding carboxylic acids is 1. The van der Waals surface area contributed by atoms with E-state index in [4.69, 9.17) is 18.0 Å². The van der Waals surface area contributed by atoms with Crippen LogP contribution in [0.2, 0.25) is 0 Å². The first kappa shape index (κ1) is 11.3. The number of nitrogens with one attached hydrogen (secondary N) is 2. The highest BCUT2D eigenvalue weighted by atomic mass is 32.1. The number of thiocarbonyl (C=S) groups is 1. The van der Waals surface area contributed by atoms with Crippen LogP contribution in [0.25, 0.3) is 0 Å². The van der Waals surface area contributed by atoms with E-state index in [1.807, 2.05) is 0 Å². The van der Waals surface area contributed by atoms with E-state index in [-0.39, 0.29) is 10.9 Å². The highest BCUT2D eigenvalue weighted by Crippen LogP contribution is 2.14. The Morgan fingerprint density at radius 2 is 2.41 bits per heavy atom. The number of hydrogen-bond donors (Lipinski definition) is 3. The van der Waals surface area contributed by atoms with E-state index in [2.05, 4.69) is 20.6 Å². The van der Waals surface area contributed by atoms with Gasteiger partial charge in [-0.25, -0.2) is 0 Å². The van der Waals surface area contributed by atoms with E-state index in [1.165, 1.54) is 17.1 Å². The minimum Gasteiger partial charge on any atom is -0.389 e. The summed E-state index contributed by atoms with van der Waals surface area (Å²) in [5, 5.41) is 12.9. The molecule has 0 bridgehead atoms. The second-order valence-corrected chi connectivity index (χ2v) is 3.76. The van der Waals surface area contributed by atoms with Gasteiger partial charge in [-0.2, -0.15) is 10.2 Å². The van der Waals surface area contributed by atoms with Gasteiger partial charge in [-0.1, -0.05) is 12.2 Å². The molecule has 7 nitrogen and oxygen atoms in total. The van der Waals surface area contributed by atoms with Gasteiger partial charge in [-0.05, 0) is 6.07 Å². The molecule has 1 amide bonds. The van der Waals surface area contributed by atoms with Crippen molar-refractivity contribution >= 4 is 28.9 Å². The topological polar surface area (TPSA) is 102 Å². The Morgan fingerprint density at radius 1 is 1.65 bits per heavy atom. The molecule has 0 saturated carbocycles. The third-order valence-electron chi connectivity index (χ3n) is 2.18. The van der Waals surface area contributed by atoms with Gasteiger partial charge in [-0.15, -0.1) is 0 Å². The van der Waals surface area contributed by atoms with Crippen LogP contribution in [-0.2, 0) is 7.05 Å². The number of anilines is 1. The normalized spacial score (nSPS) is 10.2. The van der Waals surface area contributed by atoms with Crippen molar-refractivity contribution in [2.45, 2.75) is 0 Å². The van der Waals surface area contributed by atoms with Crippen molar-refractivity contribution in [1.82, 2.24) is 20.0 Å². The molecule has 0 aliphatic heterocycles. The van der Waals surface area contributed by atoms with Crippen LogP contribution < -0.4 is 11.1 Å². The van der Waals surface area contributed by atoms with E-state index in [0.717, 1.165) is 0 Å². The summed E-state index contributed by atoms with van der Waals surface area (Å²) in [6.07, 6.45) is 3.00. The lowest BCUT2D eigenvalue weighted by molar-refractivity contribution is 0.102. The van der Waals surface area contributed by atoms with E-state index in [1.54, 1.807) is 13.1 Å². The SMILES string of the molecule is Cn1ncc(C(N)=S)c1NC(=O)c1ccn[nH]1. The number of aromatic nitrogens is 4. The Labute approximate surface area is 102 Å². The molecule has 0 atom stereocenters. The first-order valence-corrected chi connectivity index (χ1v) is 5.13. The molecule has 17 heavy (non-hydrogen) atoms. The van der Waals surface area contributed by atoms with Gasteiger partial charge >= 0.3 is 0 Å². The fourth-order valence-corrected chi connectivity index (χ4v) is 1.47. The zero-order valence-corrected chi connectivity index (χ0v) is 9.78. The summed E-state index contributed by atoms with van der Waals surface area (Å²) in [6, 6.07) is 1.56. The standard InChI is InChI=1S/C9H10N6OS/c1-15-8(5(4-12-15)7(10)17)13-9(16)6-2-3-11-14-6/h2-4H,1H3,(H2,10,17)(H,11,14)(H,13,16). The number of H-pyrrole nitrogens is 1. The van der Waals surface area contributed by atoms with Gasteiger partial charge in [-0.3, -0.25) is 14.6 Å². The van der Waals surface area contributed by atoms with Gasteiger partial charge in [0.1, 0.15) is 16.5 Å². The highest BCUT2D eigenvalue weighted by Gasteiger charge is 2.15. The van der Waals surface area contributed by atoms with Crippen LogP contribution in [-0.4, -0.2) is 30.9 Å². The smallest absolute Gasteiger partial charge is 0.274 e. The monoisotopic (exact) mass is 250 g/mol. The second-order valence-electron chi connectivity index (χ2n) is 3.32. The van der Waals surface area contributed by atoms with E-state index >= 15 is 0 Å². The first-order chi connectivity index (χ1) is 8.09. The van der Waals surface area contributed by atoms with Gasteiger partial charge in [0.15, 0.2) is 0 Å². The van der Waals surface area contributed by atoms with Gasteiger partial charge in [0.05, 0.1) is 11.8 Å². The molecule has 8 heteroatoms. The molecule has 0 fully saturated rings. The Hall–Kier alpha value is -2.22. The molecule has 0 spiro atoms. The molecule has 88 valence electrons. The van der Waals surface area contributed by atoms with Crippen molar-refractivity contribution in [2.75, 3.05) is 5.32 Å². The Bertz CT molecular complexity index is 558.